The van der Waals surface area contributed by atoms with Gasteiger partial charge < -0.3 is 18.9 Å². The first kappa shape index (κ1) is 22.2. The first-order chi connectivity index (χ1) is 16.7. The molecule has 3 aromatic rings. The van der Waals surface area contributed by atoms with E-state index in [9.17, 15) is 4.79 Å². The Balaban J connectivity index is 1.26. The SMILES string of the molecule is O=C(CC(c1ccc(Oc2ccccc2)cc1)n1ccnc1)OC1CCCC2=NCCCN2C1. The summed E-state index contributed by atoms with van der Waals surface area (Å²) >= 11 is 0. The summed E-state index contributed by atoms with van der Waals surface area (Å²) in [6, 6.07) is 17.3. The van der Waals surface area contributed by atoms with E-state index in [1.165, 1.54) is 5.84 Å². The van der Waals surface area contributed by atoms with Gasteiger partial charge in [-0.3, -0.25) is 9.79 Å². The second-order valence-electron chi connectivity index (χ2n) is 8.82. The van der Waals surface area contributed by atoms with Gasteiger partial charge >= 0.3 is 5.97 Å². The molecule has 7 nitrogen and oxygen atoms in total. The zero-order valence-corrected chi connectivity index (χ0v) is 19.3. The molecule has 0 amide bonds. The number of nitrogens with zero attached hydrogens (tertiary/aromatic N) is 4. The van der Waals surface area contributed by atoms with E-state index in [-0.39, 0.29) is 24.5 Å². The molecule has 2 aliphatic rings. The number of hydrogen-bond acceptors (Lipinski definition) is 6. The van der Waals surface area contributed by atoms with Crippen molar-refractivity contribution in [2.45, 2.75) is 44.2 Å². The van der Waals surface area contributed by atoms with Gasteiger partial charge in [-0.05, 0) is 49.1 Å². The number of fused-ring (bicyclic) bond motifs is 1. The molecular weight excluding hydrogens is 428 g/mol. The van der Waals surface area contributed by atoms with Crippen molar-refractivity contribution < 1.29 is 14.3 Å². The summed E-state index contributed by atoms with van der Waals surface area (Å²) in [6.07, 6.45) is 9.43. The third kappa shape index (κ3) is 5.47. The molecule has 0 aliphatic carbocycles. The van der Waals surface area contributed by atoms with Crippen LogP contribution in [0.15, 0.2) is 78.3 Å². The minimum Gasteiger partial charge on any atom is -0.460 e. The summed E-state index contributed by atoms with van der Waals surface area (Å²) < 4.78 is 13.8. The highest BCUT2D eigenvalue weighted by atomic mass is 16.5. The van der Waals surface area contributed by atoms with Crippen molar-refractivity contribution in [1.29, 1.82) is 0 Å². The molecule has 0 bridgehead atoms. The Kier molecular flexibility index (Phi) is 6.89. The number of carbonyl (C=O) groups is 1. The highest BCUT2D eigenvalue weighted by Crippen LogP contribution is 2.28. The van der Waals surface area contributed by atoms with Gasteiger partial charge in [-0.25, -0.2) is 4.98 Å². The lowest BCUT2D eigenvalue weighted by Gasteiger charge is -2.30. The maximum atomic E-state index is 13.0. The average molecular weight is 459 g/mol. The lowest BCUT2D eigenvalue weighted by Crippen LogP contribution is -2.40. The molecule has 0 N–H and O–H groups in total. The Hall–Kier alpha value is -3.61. The molecule has 2 unspecified atom stereocenters. The molecule has 0 spiro atoms. The maximum absolute atomic E-state index is 13.0. The number of para-hydroxylation sites is 1. The van der Waals surface area contributed by atoms with E-state index in [2.05, 4.69) is 14.9 Å². The van der Waals surface area contributed by atoms with Gasteiger partial charge in [0, 0.05) is 31.9 Å². The summed E-state index contributed by atoms with van der Waals surface area (Å²) in [5.74, 6) is 2.53. The van der Waals surface area contributed by atoms with E-state index in [1.54, 1.807) is 12.5 Å². The van der Waals surface area contributed by atoms with Crippen molar-refractivity contribution in [3.63, 3.8) is 0 Å². The van der Waals surface area contributed by atoms with Gasteiger partial charge in [0.2, 0.25) is 0 Å². The van der Waals surface area contributed by atoms with Gasteiger partial charge in [0.15, 0.2) is 0 Å². The van der Waals surface area contributed by atoms with Gasteiger partial charge in [-0.15, -0.1) is 0 Å². The predicted molar refractivity (Wildman–Crippen MR) is 130 cm³/mol. The average Bonchev–Trinajstić information content (AvgIpc) is 3.32. The van der Waals surface area contributed by atoms with Crippen LogP contribution in [0, 0.1) is 0 Å². The summed E-state index contributed by atoms with van der Waals surface area (Å²) in [6.45, 7) is 2.66. The van der Waals surface area contributed by atoms with Gasteiger partial charge in [-0.1, -0.05) is 30.3 Å². The van der Waals surface area contributed by atoms with E-state index in [1.807, 2.05) is 65.4 Å². The van der Waals surface area contributed by atoms with E-state index < -0.39 is 0 Å². The highest BCUT2D eigenvalue weighted by Gasteiger charge is 2.27. The second kappa shape index (κ2) is 10.5. The normalized spacial score (nSPS) is 18.9. The molecule has 3 heterocycles. The van der Waals surface area contributed by atoms with E-state index in [0.29, 0.717) is 0 Å². The number of aromatic nitrogens is 2. The largest absolute Gasteiger partial charge is 0.460 e. The molecule has 1 aromatic heterocycles. The molecule has 2 aromatic carbocycles. The lowest BCUT2D eigenvalue weighted by atomic mass is 10.0. The topological polar surface area (TPSA) is 69.0 Å². The quantitative estimate of drug-likeness (QED) is 0.473. The van der Waals surface area contributed by atoms with Gasteiger partial charge in [0.05, 0.1) is 31.2 Å². The van der Waals surface area contributed by atoms with Crippen LogP contribution in [-0.2, 0) is 9.53 Å². The van der Waals surface area contributed by atoms with Gasteiger partial charge in [-0.2, -0.15) is 0 Å². The molecule has 2 atom stereocenters. The van der Waals surface area contributed by atoms with Gasteiger partial charge in [0.1, 0.15) is 17.6 Å². The zero-order valence-electron chi connectivity index (χ0n) is 19.3. The minimum absolute atomic E-state index is 0.0941. The number of esters is 1. The first-order valence-electron chi connectivity index (χ1n) is 12.0. The number of amidine groups is 1. The Morgan fingerprint density at radius 1 is 1.06 bits per heavy atom. The molecule has 34 heavy (non-hydrogen) atoms. The monoisotopic (exact) mass is 458 g/mol. The fraction of sp³-hybridized carbons (Fsp3) is 0.370. The summed E-state index contributed by atoms with van der Waals surface area (Å²) in [5, 5.41) is 0. The molecule has 1 saturated heterocycles. The second-order valence-corrected chi connectivity index (χ2v) is 8.82. The number of aliphatic imine (C=N–C) groups is 1. The third-order valence-electron chi connectivity index (χ3n) is 6.38. The number of imidazole rings is 1. The molecular formula is C27H30N4O3. The van der Waals surface area contributed by atoms with Crippen molar-refractivity contribution in [2.24, 2.45) is 4.99 Å². The van der Waals surface area contributed by atoms with Crippen LogP contribution in [0.2, 0.25) is 0 Å². The minimum atomic E-state index is -0.196. The first-order valence-corrected chi connectivity index (χ1v) is 12.0. The third-order valence-corrected chi connectivity index (χ3v) is 6.38. The fourth-order valence-electron chi connectivity index (χ4n) is 4.68. The van der Waals surface area contributed by atoms with Crippen LogP contribution in [0.1, 0.15) is 43.7 Å². The maximum Gasteiger partial charge on any atom is 0.308 e. The number of ether oxygens (including phenoxy) is 2. The van der Waals surface area contributed by atoms with Crippen molar-refractivity contribution in [2.75, 3.05) is 19.6 Å². The Morgan fingerprint density at radius 3 is 2.68 bits per heavy atom. The predicted octanol–water partition coefficient (Wildman–Crippen LogP) is 4.85. The number of rotatable bonds is 7. The summed E-state index contributed by atoms with van der Waals surface area (Å²) in [5.41, 5.74) is 1.00. The van der Waals surface area contributed by atoms with Crippen molar-refractivity contribution in [3.05, 3.63) is 78.9 Å². The Labute approximate surface area is 200 Å². The van der Waals surface area contributed by atoms with Crippen molar-refractivity contribution in [3.8, 4) is 11.5 Å². The molecule has 0 radical (unpaired) electrons. The van der Waals surface area contributed by atoms with Crippen LogP contribution in [0.3, 0.4) is 0 Å². The van der Waals surface area contributed by atoms with Crippen LogP contribution in [-0.4, -0.2) is 52.0 Å². The van der Waals surface area contributed by atoms with Crippen LogP contribution in [0.5, 0.6) is 11.5 Å². The van der Waals surface area contributed by atoms with Crippen LogP contribution in [0.4, 0.5) is 0 Å². The van der Waals surface area contributed by atoms with E-state index in [0.717, 1.165) is 62.4 Å². The Morgan fingerprint density at radius 2 is 1.88 bits per heavy atom. The molecule has 5 rings (SSSR count). The fourth-order valence-corrected chi connectivity index (χ4v) is 4.68. The van der Waals surface area contributed by atoms with Crippen molar-refractivity contribution >= 4 is 11.8 Å². The molecule has 0 saturated carbocycles. The number of hydrogen-bond donors (Lipinski definition) is 0. The summed E-state index contributed by atoms with van der Waals surface area (Å²) in [7, 11) is 0. The van der Waals surface area contributed by atoms with E-state index in [4.69, 9.17) is 9.47 Å². The van der Waals surface area contributed by atoms with Gasteiger partial charge in [0.25, 0.3) is 0 Å². The van der Waals surface area contributed by atoms with Crippen molar-refractivity contribution in [1.82, 2.24) is 14.5 Å². The molecule has 1 fully saturated rings. The summed E-state index contributed by atoms with van der Waals surface area (Å²) in [4.78, 5) is 24.2. The molecule has 176 valence electrons. The van der Waals surface area contributed by atoms with Crippen LogP contribution < -0.4 is 4.74 Å². The highest BCUT2D eigenvalue weighted by molar-refractivity contribution is 5.83. The molecule has 2 aliphatic heterocycles. The lowest BCUT2D eigenvalue weighted by molar-refractivity contribution is -0.150. The van der Waals surface area contributed by atoms with Crippen LogP contribution in [0.25, 0.3) is 0 Å². The standard InChI is InChI=1S/C27H30N4O3/c32-27(34-24-8-4-9-26-29-14-5-16-30(26)19-24)18-25(31-17-15-28-20-31)21-10-12-23(13-11-21)33-22-6-2-1-3-7-22/h1-3,6-7,10-13,15,17,20,24-25H,4-5,8-9,14,16,18-19H2. The Bertz CT molecular complexity index is 1100. The number of benzene rings is 2. The van der Waals surface area contributed by atoms with E-state index >= 15 is 0 Å². The zero-order chi connectivity index (χ0) is 23.2. The van der Waals surface area contributed by atoms with Crippen LogP contribution >= 0.6 is 0 Å². The molecule has 7 heteroatoms. The smallest absolute Gasteiger partial charge is 0.308 e. The number of carbonyl (C=O) groups excluding carboxylic acids is 1.